The number of ether oxygens (including phenoxy) is 1. The number of benzene rings is 1. The van der Waals surface area contributed by atoms with Crippen LogP contribution in [0.5, 0.6) is 5.75 Å². The third-order valence-electron chi connectivity index (χ3n) is 2.60. The van der Waals surface area contributed by atoms with E-state index in [2.05, 4.69) is 38.5 Å². The summed E-state index contributed by atoms with van der Waals surface area (Å²) >= 11 is 3.46. The molecule has 0 spiro atoms. The average Bonchev–Trinajstić information content (AvgIpc) is 2.73. The van der Waals surface area contributed by atoms with E-state index in [1.807, 2.05) is 18.2 Å². The Morgan fingerprint density at radius 3 is 2.94 bits per heavy atom. The van der Waals surface area contributed by atoms with Crippen LogP contribution in [0.15, 0.2) is 27.7 Å². The highest BCUT2D eigenvalue weighted by molar-refractivity contribution is 9.10. The summed E-state index contributed by atoms with van der Waals surface area (Å²) in [6, 6.07) is 6.38. The van der Waals surface area contributed by atoms with E-state index in [1.165, 1.54) is 0 Å². The third-order valence-corrected chi connectivity index (χ3v) is 3.09. The van der Waals surface area contributed by atoms with Crippen LogP contribution in [0, 0.1) is 0 Å². The molecule has 0 fully saturated rings. The fourth-order valence-corrected chi connectivity index (χ4v) is 2.13. The Hall–Kier alpha value is -0.750. The molecule has 1 heterocycles. The summed E-state index contributed by atoms with van der Waals surface area (Å²) in [5.74, 6) is 1.74. The van der Waals surface area contributed by atoms with Gasteiger partial charge < -0.3 is 15.4 Å². The van der Waals surface area contributed by atoms with Gasteiger partial charge >= 0.3 is 0 Å². The molecule has 1 aromatic carbocycles. The van der Waals surface area contributed by atoms with E-state index in [0.717, 1.165) is 28.3 Å². The zero-order valence-corrected chi connectivity index (χ0v) is 13.7. The van der Waals surface area contributed by atoms with Crippen LogP contribution >= 0.6 is 32.9 Å². The lowest BCUT2D eigenvalue weighted by Crippen LogP contribution is -2.37. The predicted octanol–water partition coefficient (Wildman–Crippen LogP) is 2.47. The summed E-state index contributed by atoms with van der Waals surface area (Å²) in [7, 11) is 1.68. The molecule has 2 rings (SSSR count). The number of aliphatic imine (C=N–C) groups is 1. The number of nitrogens with zero attached hydrogens (tertiary/aromatic N) is 1. The summed E-state index contributed by atoms with van der Waals surface area (Å²) in [6.45, 7) is 3.64. The molecule has 2 N–H and O–H groups in total. The number of hydrogen-bond donors (Lipinski definition) is 2. The minimum atomic E-state index is 0. The van der Waals surface area contributed by atoms with Crippen LogP contribution in [0.3, 0.4) is 0 Å². The SMILES string of the molecule is Br.COc1ccc(Br)cc1CNC1=NCC(C)N1. The van der Waals surface area contributed by atoms with Crippen molar-refractivity contribution in [2.45, 2.75) is 19.5 Å². The van der Waals surface area contributed by atoms with Gasteiger partial charge in [0.25, 0.3) is 0 Å². The molecule has 18 heavy (non-hydrogen) atoms. The van der Waals surface area contributed by atoms with Gasteiger partial charge in [-0.3, -0.25) is 4.99 Å². The predicted molar refractivity (Wildman–Crippen MR) is 82.8 cm³/mol. The molecule has 1 atom stereocenters. The van der Waals surface area contributed by atoms with Gasteiger partial charge in [0.05, 0.1) is 13.7 Å². The average molecular weight is 379 g/mol. The molecule has 0 aliphatic carbocycles. The Bertz CT molecular complexity index is 437. The Morgan fingerprint density at radius 2 is 2.33 bits per heavy atom. The fraction of sp³-hybridized carbons (Fsp3) is 0.417. The summed E-state index contributed by atoms with van der Waals surface area (Å²) < 4.78 is 6.36. The van der Waals surface area contributed by atoms with Crippen LogP contribution < -0.4 is 15.4 Å². The molecule has 100 valence electrons. The smallest absolute Gasteiger partial charge is 0.191 e. The molecule has 1 aliphatic heterocycles. The number of halogens is 2. The third kappa shape index (κ3) is 3.88. The van der Waals surface area contributed by atoms with E-state index >= 15 is 0 Å². The van der Waals surface area contributed by atoms with Crippen molar-refractivity contribution in [2.75, 3.05) is 13.7 Å². The first kappa shape index (κ1) is 15.3. The fourth-order valence-electron chi connectivity index (χ4n) is 1.72. The van der Waals surface area contributed by atoms with Crippen LogP contribution in [-0.2, 0) is 6.54 Å². The highest BCUT2D eigenvalue weighted by atomic mass is 79.9. The van der Waals surface area contributed by atoms with Crippen LogP contribution in [0.1, 0.15) is 12.5 Å². The number of rotatable bonds is 3. The lowest BCUT2D eigenvalue weighted by Gasteiger charge is -2.12. The minimum absolute atomic E-state index is 0. The molecule has 6 heteroatoms. The van der Waals surface area contributed by atoms with Gasteiger partial charge in [-0.25, -0.2) is 0 Å². The first-order valence-corrected chi connectivity index (χ1v) is 6.35. The highest BCUT2D eigenvalue weighted by Gasteiger charge is 2.12. The molecular weight excluding hydrogens is 362 g/mol. The van der Waals surface area contributed by atoms with Crippen LogP contribution in [0.25, 0.3) is 0 Å². The normalized spacial score (nSPS) is 17.5. The molecule has 0 aromatic heterocycles. The number of guanidine groups is 1. The molecule has 0 radical (unpaired) electrons. The molecule has 1 aliphatic rings. The van der Waals surface area contributed by atoms with Crippen molar-refractivity contribution >= 4 is 38.9 Å². The van der Waals surface area contributed by atoms with Crippen molar-refractivity contribution in [3.8, 4) is 5.75 Å². The van der Waals surface area contributed by atoms with Crippen molar-refractivity contribution in [2.24, 2.45) is 4.99 Å². The van der Waals surface area contributed by atoms with E-state index in [9.17, 15) is 0 Å². The van der Waals surface area contributed by atoms with Gasteiger partial charge in [0, 0.05) is 22.6 Å². The maximum Gasteiger partial charge on any atom is 0.191 e. The highest BCUT2D eigenvalue weighted by Crippen LogP contribution is 2.22. The van der Waals surface area contributed by atoms with E-state index in [4.69, 9.17) is 4.74 Å². The van der Waals surface area contributed by atoms with E-state index < -0.39 is 0 Å². The first-order chi connectivity index (χ1) is 8.19. The molecule has 4 nitrogen and oxygen atoms in total. The standard InChI is InChI=1S/C12H16BrN3O.BrH/c1-8-6-14-12(16-8)15-7-9-5-10(13)3-4-11(9)17-2;/h3-5,8H,6-7H2,1-2H3,(H2,14,15,16);1H. The zero-order valence-electron chi connectivity index (χ0n) is 10.4. The number of methoxy groups -OCH3 is 1. The van der Waals surface area contributed by atoms with Crippen molar-refractivity contribution < 1.29 is 4.74 Å². The largest absolute Gasteiger partial charge is 0.496 e. The van der Waals surface area contributed by atoms with E-state index in [1.54, 1.807) is 7.11 Å². The maximum atomic E-state index is 5.32. The number of nitrogens with one attached hydrogen (secondary N) is 2. The quantitative estimate of drug-likeness (QED) is 0.849. The molecule has 0 amide bonds. The molecule has 1 unspecified atom stereocenters. The van der Waals surface area contributed by atoms with Crippen molar-refractivity contribution in [3.63, 3.8) is 0 Å². The molecule has 0 bridgehead atoms. The summed E-state index contributed by atoms with van der Waals surface area (Å²) in [4.78, 5) is 4.35. The Kier molecular flexibility index (Phi) is 5.95. The molecule has 1 aromatic rings. The van der Waals surface area contributed by atoms with Crippen LogP contribution in [-0.4, -0.2) is 25.7 Å². The lowest BCUT2D eigenvalue weighted by atomic mass is 10.2. The van der Waals surface area contributed by atoms with E-state index in [0.29, 0.717) is 12.6 Å². The Labute approximate surface area is 126 Å². The van der Waals surface area contributed by atoms with E-state index in [-0.39, 0.29) is 17.0 Å². The molecular formula is C12H17Br2N3O. The number of hydrogen-bond acceptors (Lipinski definition) is 4. The second-order valence-electron chi connectivity index (χ2n) is 4.04. The summed E-state index contributed by atoms with van der Waals surface area (Å²) in [5, 5.41) is 6.53. The summed E-state index contributed by atoms with van der Waals surface area (Å²) in [5.41, 5.74) is 1.10. The van der Waals surface area contributed by atoms with Crippen molar-refractivity contribution in [1.82, 2.24) is 10.6 Å². The van der Waals surface area contributed by atoms with Gasteiger partial charge in [-0.15, -0.1) is 17.0 Å². The first-order valence-electron chi connectivity index (χ1n) is 5.56. The van der Waals surface area contributed by atoms with Gasteiger partial charge in [0.2, 0.25) is 0 Å². The topological polar surface area (TPSA) is 45.6 Å². The molecule has 0 saturated carbocycles. The van der Waals surface area contributed by atoms with Gasteiger partial charge in [-0.1, -0.05) is 15.9 Å². The second kappa shape index (κ2) is 6.99. The van der Waals surface area contributed by atoms with Gasteiger partial charge in [-0.05, 0) is 25.1 Å². The van der Waals surface area contributed by atoms with Gasteiger partial charge in [-0.2, -0.15) is 0 Å². The minimum Gasteiger partial charge on any atom is -0.496 e. The summed E-state index contributed by atoms with van der Waals surface area (Å²) in [6.07, 6.45) is 0. The second-order valence-corrected chi connectivity index (χ2v) is 4.96. The monoisotopic (exact) mass is 377 g/mol. The van der Waals surface area contributed by atoms with Crippen LogP contribution in [0.2, 0.25) is 0 Å². The van der Waals surface area contributed by atoms with Crippen molar-refractivity contribution in [1.29, 1.82) is 0 Å². The van der Waals surface area contributed by atoms with Crippen LogP contribution in [0.4, 0.5) is 0 Å². The molecule has 0 saturated heterocycles. The lowest BCUT2D eigenvalue weighted by molar-refractivity contribution is 0.409. The maximum absolute atomic E-state index is 5.32. The van der Waals surface area contributed by atoms with Crippen molar-refractivity contribution in [3.05, 3.63) is 28.2 Å². The van der Waals surface area contributed by atoms with Gasteiger partial charge in [0.15, 0.2) is 5.96 Å². The Morgan fingerprint density at radius 1 is 1.56 bits per heavy atom. The van der Waals surface area contributed by atoms with Gasteiger partial charge in [0.1, 0.15) is 5.75 Å². The zero-order chi connectivity index (χ0) is 12.3. The Balaban J connectivity index is 0.00000162.